The van der Waals surface area contributed by atoms with Crippen molar-refractivity contribution < 1.29 is 52.4 Å². The quantitative estimate of drug-likeness (QED) is 0.0419. The zero-order valence-corrected chi connectivity index (χ0v) is 56.7. The number of anilines is 3. The average Bonchev–Trinajstić information content (AvgIpc) is 1.54. The van der Waals surface area contributed by atoms with E-state index in [0.717, 1.165) is 35.0 Å². The number of rotatable bonds is 17. The molecule has 3 aliphatic heterocycles. The largest absolute Gasteiger partial charge is 0.502 e. The smallest absolute Gasteiger partial charge is 0.257 e. The summed E-state index contributed by atoms with van der Waals surface area (Å²) in [5.74, 6) is 34.5. The van der Waals surface area contributed by atoms with Gasteiger partial charge in [0.2, 0.25) is 33.5 Å². The summed E-state index contributed by atoms with van der Waals surface area (Å²) >= 11 is 0. The molecule has 4 atom stereocenters. The molecule has 13 rings (SSSR count). The molecule has 1 aliphatic carbocycles. The standard InChI is InChI=1S/C84H67N7O14/c1-101-65-49-89(50-65)82(99)67-35-25-59(14-7-5-12-57-22-32-63(33-23-57)88-48-76-80(97)72(94)38-42-104-76)44-73(67)105-52-64-15-8-39-91(64)83(100)66-34-24-58(13-6-4-11-56-20-30-62(31-21-56)87-47-75-79(96)71(93)37-41-103-75)43-68(66)69-45-84(69)53-90(51-77(84)85)81(98)60-26-16-54(17-27-60)9-2-3-10-55-18-28-61(29-19-55)86-46-74-78(95)70(92)36-40-102-74/h16-38,40-44,64-65,69,77,86-88,95-97H,8,15,39,45-53,85H2,1H3/t64-,69?,77+,84?/m0/s1. The molecule has 0 bridgehead atoms. The van der Waals surface area contributed by atoms with E-state index in [4.69, 9.17) is 28.5 Å². The lowest BCUT2D eigenvalue weighted by Crippen LogP contribution is -2.54. The number of likely N-dealkylation sites (tertiary alicyclic amines) is 3. The second-order valence-corrected chi connectivity index (χ2v) is 25.5. The SMILES string of the molecule is COC1CN(C(=O)c2ccc(C#CC#Cc3ccc(NCc4occc(=O)c4O)cc3)cc2OC[C@@H]2CCCN2C(=O)c2ccc(C#CC#Cc3ccc(NCc4occc(=O)c4O)cc3)cc2C2CC23CN(C(=O)c2ccc(C#CC#Cc4ccc(NCc5occc(=O)c5O)cc4)cc2)C[C@H]3N)C1. The van der Waals surface area contributed by atoms with Gasteiger partial charge in [-0.25, -0.2) is 0 Å². The van der Waals surface area contributed by atoms with Gasteiger partial charge in [-0.05, 0) is 200 Å². The van der Waals surface area contributed by atoms with Crippen LogP contribution in [0.1, 0.15) is 112 Å². The van der Waals surface area contributed by atoms with Crippen molar-refractivity contribution in [2.75, 3.05) is 62.4 Å². The number of nitrogens with two attached hydrogens (primary N) is 1. The first-order chi connectivity index (χ1) is 51.1. The molecule has 21 heteroatoms. The van der Waals surface area contributed by atoms with Gasteiger partial charge in [0.25, 0.3) is 17.7 Å². The Bertz CT molecular complexity index is 5440. The molecule has 3 aromatic heterocycles. The number of methoxy groups -OCH3 is 1. The van der Waals surface area contributed by atoms with E-state index >= 15 is 4.79 Å². The van der Waals surface area contributed by atoms with Gasteiger partial charge >= 0.3 is 0 Å². The Balaban J connectivity index is 0.700. The number of hydrogen-bond acceptors (Lipinski definition) is 18. The molecule has 6 heterocycles. The molecule has 6 aromatic carbocycles. The molecular weight excluding hydrogens is 1330 g/mol. The highest BCUT2D eigenvalue weighted by Gasteiger charge is 2.64. The molecule has 9 aromatic rings. The third-order valence-corrected chi connectivity index (χ3v) is 18.8. The molecule has 105 heavy (non-hydrogen) atoms. The molecule has 2 unspecified atom stereocenters. The lowest BCUT2D eigenvalue weighted by molar-refractivity contribution is -0.0193. The number of nitrogens with one attached hydrogen (secondary N) is 3. The maximum Gasteiger partial charge on any atom is 0.257 e. The number of ether oxygens (including phenoxy) is 2. The Kier molecular flexibility index (Phi) is 21.0. The van der Waals surface area contributed by atoms with Crippen molar-refractivity contribution in [1.29, 1.82) is 0 Å². The minimum absolute atomic E-state index is 0.0742. The Labute approximate surface area is 603 Å². The van der Waals surface area contributed by atoms with Gasteiger partial charge in [0, 0.05) is 131 Å². The highest BCUT2D eigenvalue weighted by atomic mass is 16.5. The first-order valence-electron chi connectivity index (χ1n) is 33.7. The Morgan fingerprint density at radius 1 is 0.524 bits per heavy atom. The third kappa shape index (κ3) is 16.4. The average molecular weight is 1400 g/mol. The topological polar surface area (TPSA) is 293 Å². The second kappa shape index (κ2) is 31.6. The number of benzene rings is 6. The highest BCUT2D eigenvalue weighted by Crippen LogP contribution is 2.64. The van der Waals surface area contributed by atoms with E-state index in [1.54, 1.807) is 95.8 Å². The van der Waals surface area contributed by atoms with Crippen molar-refractivity contribution in [2.24, 2.45) is 11.1 Å². The maximum atomic E-state index is 15.3. The van der Waals surface area contributed by atoms with Crippen LogP contribution in [0.15, 0.2) is 198 Å². The number of aromatic hydroxyl groups is 3. The van der Waals surface area contributed by atoms with E-state index in [2.05, 4.69) is 87.0 Å². The molecule has 8 N–H and O–H groups in total. The number of hydrogen-bond donors (Lipinski definition) is 7. The molecule has 3 amide bonds. The van der Waals surface area contributed by atoms with E-state index in [-0.39, 0.29) is 79.3 Å². The van der Waals surface area contributed by atoms with Crippen LogP contribution in [0.4, 0.5) is 17.1 Å². The maximum absolute atomic E-state index is 15.3. The van der Waals surface area contributed by atoms with Crippen LogP contribution in [0.5, 0.6) is 23.0 Å². The molecule has 1 saturated carbocycles. The summed E-state index contributed by atoms with van der Waals surface area (Å²) in [6.45, 7) is 2.31. The van der Waals surface area contributed by atoms with Crippen LogP contribution in [0.2, 0.25) is 0 Å². The van der Waals surface area contributed by atoms with Crippen LogP contribution in [0.25, 0.3) is 0 Å². The fourth-order valence-corrected chi connectivity index (χ4v) is 12.8. The van der Waals surface area contributed by atoms with Crippen LogP contribution in [0, 0.1) is 76.5 Å². The van der Waals surface area contributed by atoms with Crippen LogP contribution in [-0.2, 0) is 24.4 Å². The van der Waals surface area contributed by atoms with Crippen LogP contribution < -0.4 is 42.7 Å². The Morgan fingerprint density at radius 3 is 1.42 bits per heavy atom. The summed E-state index contributed by atoms with van der Waals surface area (Å²) in [5.41, 5.74) is 13.1. The van der Waals surface area contributed by atoms with Crippen LogP contribution >= 0.6 is 0 Å². The monoisotopic (exact) mass is 1400 g/mol. The summed E-state index contributed by atoms with van der Waals surface area (Å²) in [4.78, 5) is 84.5. The molecule has 3 saturated heterocycles. The van der Waals surface area contributed by atoms with Crippen LogP contribution in [-0.4, -0.2) is 112 Å². The van der Waals surface area contributed by atoms with Gasteiger partial charge in [0.15, 0.2) is 17.3 Å². The molecule has 0 radical (unpaired) electrons. The van der Waals surface area contributed by atoms with E-state index in [1.165, 1.54) is 18.8 Å². The second-order valence-electron chi connectivity index (χ2n) is 25.5. The van der Waals surface area contributed by atoms with E-state index in [1.807, 2.05) is 59.5 Å². The molecule has 1 spiro atoms. The minimum Gasteiger partial charge on any atom is -0.502 e. The van der Waals surface area contributed by atoms with Gasteiger partial charge in [0.05, 0.1) is 56.1 Å². The number of carbonyl (C=O) groups is 3. The third-order valence-electron chi connectivity index (χ3n) is 18.8. The number of amides is 3. The molecule has 21 nitrogen and oxygen atoms in total. The van der Waals surface area contributed by atoms with Gasteiger partial charge in [-0.1, -0.05) is 35.5 Å². The summed E-state index contributed by atoms with van der Waals surface area (Å²) in [6.07, 6.45) is 5.55. The molecule has 4 aliphatic rings. The molecule has 522 valence electrons. The Hall–Kier alpha value is -13.5. The fraction of sp³-hybridized carbons (Fsp3) is 0.214. The van der Waals surface area contributed by atoms with Crippen molar-refractivity contribution in [1.82, 2.24) is 14.7 Å². The van der Waals surface area contributed by atoms with Gasteiger partial charge < -0.3 is 74.4 Å². The molecular formula is C84H67N7O14. The summed E-state index contributed by atoms with van der Waals surface area (Å²) in [5, 5.41) is 39.4. The minimum atomic E-state index is -0.545. The van der Waals surface area contributed by atoms with Gasteiger partial charge in [-0.3, -0.25) is 28.8 Å². The zero-order valence-electron chi connectivity index (χ0n) is 56.7. The van der Waals surface area contributed by atoms with E-state index in [9.17, 15) is 39.3 Å². The predicted octanol–water partition coefficient (Wildman–Crippen LogP) is 8.82. The Morgan fingerprint density at radius 2 is 0.952 bits per heavy atom. The number of nitrogens with zero attached hydrogens (tertiary/aromatic N) is 3. The first kappa shape index (κ1) is 69.9. The van der Waals surface area contributed by atoms with Gasteiger partial charge in [-0.15, -0.1) is 0 Å². The lowest BCUT2D eigenvalue weighted by Gasteiger charge is -2.38. The summed E-state index contributed by atoms with van der Waals surface area (Å²) in [6, 6.07) is 42.0. The fourth-order valence-electron chi connectivity index (χ4n) is 12.8. The van der Waals surface area contributed by atoms with Crippen molar-refractivity contribution in [2.45, 2.75) is 63.0 Å². The van der Waals surface area contributed by atoms with Crippen molar-refractivity contribution in [3.05, 3.63) is 274 Å². The highest BCUT2D eigenvalue weighted by molar-refractivity contribution is 5.98. The first-order valence-corrected chi connectivity index (χ1v) is 33.7. The summed E-state index contributed by atoms with van der Waals surface area (Å²) in [7, 11) is 1.61. The van der Waals surface area contributed by atoms with E-state index < -0.39 is 45.0 Å². The summed E-state index contributed by atoms with van der Waals surface area (Å²) < 4.78 is 27.9. The lowest BCUT2D eigenvalue weighted by atomic mass is 9.90. The zero-order chi connectivity index (χ0) is 73.0. The van der Waals surface area contributed by atoms with Crippen LogP contribution in [0.3, 0.4) is 0 Å². The van der Waals surface area contributed by atoms with Crippen molar-refractivity contribution in [3.8, 4) is 94.0 Å². The van der Waals surface area contributed by atoms with Gasteiger partial charge in [-0.2, -0.15) is 0 Å². The van der Waals surface area contributed by atoms with Gasteiger partial charge in [0.1, 0.15) is 12.4 Å². The van der Waals surface area contributed by atoms with Crippen molar-refractivity contribution in [3.63, 3.8) is 0 Å². The normalized spacial score (nSPS) is 16.7. The van der Waals surface area contributed by atoms with E-state index in [0.29, 0.717) is 114 Å². The number of carbonyl (C=O) groups excluding carboxylic acids is 3. The predicted molar refractivity (Wildman–Crippen MR) is 392 cm³/mol. The molecule has 4 fully saturated rings. The van der Waals surface area contributed by atoms with Crippen molar-refractivity contribution >= 4 is 34.8 Å².